The first-order chi connectivity index (χ1) is 16.4. The average molecular weight is 464 g/mol. The molecular weight excluding hydrogens is 444 g/mol. The van der Waals surface area contributed by atoms with Crippen molar-refractivity contribution in [1.29, 1.82) is 0 Å². The van der Waals surface area contributed by atoms with Crippen LogP contribution < -0.4 is 19.6 Å². The van der Waals surface area contributed by atoms with E-state index in [9.17, 15) is 25.2 Å². The molecule has 0 spiro atoms. The van der Waals surface area contributed by atoms with E-state index in [4.69, 9.17) is 18.6 Å². The standard InChI is InChI=1S/C25H20O9/c1-31-20-7-13(2-4-15(20)28)25-23(11-26)33-21-6-12(3-5-18(21)34-25)19-10-17(30)24-16(29)8-14(27)9-22(24)32-19/h2-10,23,25-29H,11H2,1H3/t23-,25+/m0/s1. The van der Waals surface area contributed by atoms with E-state index in [-0.39, 0.29) is 46.3 Å². The molecule has 0 amide bonds. The van der Waals surface area contributed by atoms with E-state index in [1.807, 2.05) is 0 Å². The Labute approximate surface area is 192 Å². The summed E-state index contributed by atoms with van der Waals surface area (Å²) in [6.07, 6.45) is -1.42. The van der Waals surface area contributed by atoms with Gasteiger partial charge in [-0.25, -0.2) is 0 Å². The molecule has 34 heavy (non-hydrogen) atoms. The van der Waals surface area contributed by atoms with Crippen LogP contribution in [0.2, 0.25) is 0 Å². The van der Waals surface area contributed by atoms with Crippen LogP contribution in [-0.4, -0.2) is 40.2 Å². The Balaban J connectivity index is 1.53. The van der Waals surface area contributed by atoms with Crippen molar-refractivity contribution < 1.29 is 39.1 Å². The molecule has 1 aromatic heterocycles. The molecule has 2 atom stereocenters. The second-order valence-electron chi connectivity index (χ2n) is 7.78. The largest absolute Gasteiger partial charge is 0.508 e. The number of aliphatic hydroxyl groups is 1. The molecule has 1 aliphatic rings. The molecule has 0 bridgehead atoms. The van der Waals surface area contributed by atoms with Crippen molar-refractivity contribution in [2.24, 2.45) is 0 Å². The fourth-order valence-electron chi connectivity index (χ4n) is 3.97. The first-order valence-corrected chi connectivity index (χ1v) is 10.3. The lowest BCUT2D eigenvalue weighted by atomic mass is 10.0. The molecule has 3 aromatic carbocycles. The van der Waals surface area contributed by atoms with Gasteiger partial charge in [0.05, 0.1) is 13.7 Å². The zero-order chi connectivity index (χ0) is 24.0. The van der Waals surface area contributed by atoms with Gasteiger partial charge in [-0.15, -0.1) is 0 Å². The quantitative estimate of drug-likeness (QED) is 0.358. The van der Waals surface area contributed by atoms with E-state index in [0.29, 0.717) is 22.6 Å². The number of aromatic hydroxyl groups is 3. The van der Waals surface area contributed by atoms with E-state index in [2.05, 4.69) is 0 Å². The lowest BCUT2D eigenvalue weighted by molar-refractivity contribution is -0.0123. The van der Waals surface area contributed by atoms with Gasteiger partial charge >= 0.3 is 0 Å². The molecule has 9 heteroatoms. The number of hydrogen-bond acceptors (Lipinski definition) is 9. The van der Waals surface area contributed by atoms with Crippen LogP contribution in [0.25, 0.3) is 22.3 Å². The molecule has 0 saturated carbocycles. The van der Waals surface area contributed by atoms with Crippen LogP contribution in [0.1, 0.15) is 11.7 Å². The third kappa shape index (κ3) is 3.61. The van der Waals surface area contributed by atoms with E-state index in [0.717, 1.165) is 6.07 Å². The Kier molecular flexibility index (Phi) is 5.18. The van der Waals surface area contributed by atoms with Crippen molar-refractivity contribution in [3.63, 3.8) is 0 Å². The summed E-state index contributed by atoms with van der Waals surface area (Å²) in [4.78, 5) is 12.5. The number of ether oxygens (including phenoxy) is 3. The Hall–Kier alpha value is -4.37. The second-order valence-corrected chi connectivity index (χ2v) is 7.78. The number of phenols is 3. The van der Waals surface area contributed by atoms with Gasteiger partial charge in [0.2, 0.25) is 0 Å². The highest BCUT2D eigenvalue weighted by Crippen LogP contribution is 2.43. The summed E-state index contributed by atoms with van der Waals surface area (Å²) in [6.45, 7) is -0.346. The predicted octanol–water partition coefficient (Wildman–Crippen LogP) is 3.46. The van der Waals surface area contributed by atoms with Gasteiger partial charge in [0.25, 0.3) is 0 Å². The maximum atomic E-state index is 12.5. The van der Waals surface area contributed by atoms with Crippen LogP contribution in [-0.2, 0) is 0 Å². The Morgan fingerprint density at radius 1 is 0.912 bits per heavy atom. The highest BCUT2D eigenvalue weighted by atomic mass is 16.6. The second kappa shape index (κ2) is 8.20. The van der Waals surface area contributed by atoms with Gasteiger partial charge in [-0.05, 0) is 30.3 Å². The summed E-state index contributed by atoms with van der Waals surface area (Å²) >= 11 is 0. The number of fused-ring (bicyclic) bond motifs is 2. The molecule has 0 radical (unpaired) electrons. The minimum Gasteiger partial charge on any atom is -0.508 e. The number of rotatable bonds is 4. The molecule has 0 aliphatic carbocycles. The Morgan fingerprint density at radius 2 is 1.74 bits per heavy atom. The Morgan fingerprint density at radius 3 is 2.50 bits per heavy atom. The van der Waals surface area contributed by atoms with Gasteiger partial charge in [0.1, 0.15) is 28.2 Å². The average Bonchev–Trinajstić information content (AvgIpc) is 2.82. The predicted molar refractivity (Wildman–Crippen MR) is 121 cm³/mol. The maximum Gasteiger partial charge on any atom is 0.197 e. The van der Waals surface area contributed by atoms with Crippen LogP contribution >= 0.6 is 0 Å². The van der Waals surface area contributed by atoms with Crippen LogP contribution in [0.4, 0.5) is 0 Å². The smallest absolute Gasteiger partial charge is 0.197 e. The number of aliphatic hydroxyl groups excluding tert-OH is 1. The minimum absolute atomic E-state index is 0.0212. The third-order valence-corrected chi connectivity index (χ3v) is 5.61. The molecule has 0 unspecified atom stereocenters. The summed E-state index contributed by atoms with van der Waals surface area (Å²) in [7, 11) is 1.44. The van der Waals surface area contributed by atoms with E-state index >= 15 is 0 Å². The van der Waals surface area contributed by atoms with Gasteiger partial charge in [0, 0.05) is 29.3 Å². The van der Waals surface area contributed by atoms with Gasteiger partial charge < -0.3 is 39.1 Å². The molecule has 4 aromatic rings. The van der Waals surface area contributed by atoms with Crippen LogP contribution in [0.15, 0.2) is 63.8 Å². The SMILES string of the molecule is COc1cc([C@H]2Oc3ccc(-c4cc(=O)c5c(O)cc(O)cc5o4)cc3O[C@H]2CO)ccc1O. The maximum absolute atomic E-state index is 12.5. The highest BCUT2D eigenvalue weighted by Gasteiger charge is 2.33. The van der Waals surface area contributed by atoms with Gasteiger partial charge in [-0.2, -0.15) is 0 Å². The van der Waals surface area contributed by atoms with Crippen LogP contribution in [0.5, 0.6) is 34.5 Å². The molecule has 9 nitrogen and oxygen atoms in total. The van der Waals surface area contributed by atoms with Crippen molar-refractivity contribution in [2.75, 3.05) is 13.7 Å². The first-order valence-electron chi connectivity index (χ1n) is 10.3. The van der Waals surface area contributed by atoms with Crippen LogP contribution in [0, 0.1) is 0 Å². The number of methoxy groups -OCH3 is 1. The molecule has 5 rings (SSSR count). The van der Waals surface area contributed by atoms with E-state index in [1.165, 1.54) is 25.3 Å². The molecule has 2 heterocycles. The summed E-state index contributed by atoms with van der Waals surface area (Å²) < 4.78 is 23.0. The van der Waals surface area contributed by atoms with Crippen molar-refractivity contribution in [1.82, 2.24) is 0 Å². The molecule has 0 fully saturated rings. The summed E-state index contributed by atoms with van der Waals surface area (Å²) in [5.74, 6) is 0.563. The molecule has 1 aliphatic heterocycles. The summed E-state index contributed by atoms with van der Waals surface area (Å²) in [5.41, 5.74) is 0.692. The number of benzene rings is 3. The third-order valence-electron chi connectivity index (χ3n) is 5.61. The normalized spacial score (nSPS) is 17.0. The molecule has 4 N–H and O–H groups in total. The van der Waals surface area contributed by atoms with Gasteiger partial charge in [-0.3, -0.25) is 4.79 Å². The topological polar surface area (TPSA) is 139 Å². The van der Waals surface area contributed by atoms with Gasteiger partial charge in [-0.1, -0.05) is 6.07 Å². The lowest BCUT2D eigenvalue weighted by Gasteiger charge is -2.33. The minimum atomic E-state index is -0.755. The molecule has 0 saturated heterocycles. The van der Waals surface area contributed by atoms with Crippen molar-refractivity contribution in [3.8, 4) is 45.8 Å². The number of phenolic OH excluding ortho intramolecular Hbond substituents is 3. The Bertz CT molecular complexity index is 1460. The zero-order valence-electron chi connectivity index (χ0n) is 17.9. The summed E-state index contributed by atoms with van der Waals surface area (Å²) in [5, 5.41) is 39.5. The fourth-order valence-corrected chi connectivity index (χ4v) is 3.97. The highest BCUT2D eigenvalue weighted by molar-refractivity contribution is 5.86. The lowest BCUT2D eigenvalue weighted by Crippen LogP contribution is -2.36. The summed E-state index contributed by atoms with van der Waals surface area (Å²) in [6, 6.07) is 13.2. The molecular formula is C25H20O9. The van der Waals surface area contributed by atoms with Crippen molar-refractivity contribution in [2.45, 2.75) is 12.2 Å². The number of hydrogen-bond donors (Lipinski definition) is 4. The van der Waals surface area contributed by atoms with E-state index < -0.39 is 17.6 Å². The van der Waals surface area contributed by atoms with Crippen molar-refractivity contribution >= 4 is 11.0 Å². The monoisotopic (exact) mass is 464 g/mol. The van der Waals surface area contributed by atoms with Crippen LogP contribution in [0.3, 0.4) is 0 Å². The van der Waals surface area contributed by atoms with E-state index in [1.54, 1.807) is 30.3 Å². The molecule has 174 valence electrons. The fraction of sp³-hybridized carbons (Fsp3) is 0.160. The zero-order valence-corrected chi connectivity index (χ0v) is 17.9. The van der Waals surface area contributed by atoms with Crippen molar-refractivity contribution in [3.05, 3.63) is 70.4 Å². The van der Waals surface area contributed by atoms with Gasteiger partial charge in [0.15, 0.2) is 40.6 Å². The first kappa shape index (κ1) is 21.5.